The van der Waals surface area contributed by atoms with Crippen molar-refractivity contribution in [1.29, 1.82) is 0 Å². The summed E-state index contributed by atoms with van der Waals surface area (Å²) in [5.74, 6) is 3.14. The standard InChI is InChI=1S/C15H16N2Si/c1-11-10-14(16-3)15(17-4)13(12(11)2)8-9-18(5,6)7/h10H,1-2,5-7H3. The van der Waals surface area contributed by atoms with Gasteiger partial charge in [-0.1, -0.05) is 37.2 Å². The lowest BCUT2D eigenvalue weighted by atomic mass is 10.0. The van der Waals surface area contributed by atoms with Crippen LogP contribution in [0.1, 0.15) is 16.7 Å². The molecule has 0 bridgehead atoms. The second-order valence-electron chi connectivity index (χ2n) is 5.28. The fraction of sp³-hybridized carbons (Fsp3) is 0.333. The van der Waals surface area contributed by atoms with Crippen molar-refractivity contribution < 1.29 is 0 Å². The highest BCUT2D eigenvalue weighted by Crippen LogP contribution is 2.35. The van der Waals surface area contributed by atoms with Gasteiger partial charge in [-0.05, 0) is 19.4 Å². The molecule has 0 atom stereocenters. The summed E-state index contributed by atoms with van der Waals surface area (Å²) >= 11 is 0. The van der Waals surface area contributed by atoms with Gasteiger partial charge in [0.15, 0.2) is 5.69 Å². The molecule has 0 fully saturated rings. The molecule has 0 aromatic heterocycles. The van der Waals surface area contributed by atoms with Crippen LogP contribution >= 0.6 is 0 Å². The number of aryl methyl sites for hydroxylation is 1. The van der Waals surface area contributed by atoms with Crippen molar-refractivity contribution in [3.05, 3.63) is 45.6 Å². The van der Waals surface area contributed by atoms with Gasteiger partial charge in [-0.2, -0.15) is 0 Å². The van der Waals surface area contributed by atoms with E-state index in [1.165, 1.54) is 0 Å². The summed E-state index contributed by atoms with van der Waals surface area (Å²) in [5, 5.41) is 0. The smallest absolute Gasteiger partial charge is 0.210 e. The lowest BCUT2D eigenvalue weighted by Crippen LogP contribution is -2.16. The maximum absolute atomic E-state index is 7.26. The van der Waals surface area contributed by atoms with E-state index in [9.17, 15) is 0 Å². The molecule has 1 aromatic rings. The largest absolute Gasteiger partial charge is 0.250 e. The summed E-state index contributed by atoms with van der Waals surface area (Å²) < 4.78 is 0. The first-order chi connectivity index (χ1) is 8.30. The van der Waals surface area contributed by atoms with Crippen molar-refractivity contribution in [2.24, 2.45) is 0 Å². The molecule has 2 nitrogen and oxygen atoms in total. The van der Waals surface area contributed by atoms with Crippen molar-refractivity contribution in [2.75, 3.05) is 0 Å². The highest BCUT2D eigenvalue weighted by Gasteiger charge is 2.14. The Bertz CT molecular complexity index is 626. The molecule has 90 valence electrons. The molecular formula is C15H16N2Si. The molecular weight excluding hydrogens is 236 g/mol. The molecule has 0 aliphatic carbocycles. The van der Waals surface area contributed by atoms with Crippen LogP contribution < -0.4 is 0 Å². The molecule has 0 spiro atoms. The van der Waals surface area contributed by atoms with Crippen molar-refractivity contribution >= 4 is 19.4 Å². The Labute approximate surface area is 110 Å². The Balaban J connectivity index is 3.61. The minimum atomic E-state index is -1.49. The zero-order chi connectivity index (χ0) is 13.9. The van der Waals surface area contributed by atoms with E-state index in [2.05, 4.69) is 40.8 Å². The monoisotopic (exact) mass is 252 g/mol. The van der Waals surface area contributed by atoms with Crippen LogP contribution in [0.4, 0.5) is 11.4 Å². The number of hydrogen-bond acceptors (Lipinski definition) is 0. The Hall–Kier alpha value is -2.02. The van der Waals surface area contributed by atoms with Crippen LogP contribution in [-0.2, 0) is 0 Å². The van der Waals surface area contributed by atoms with Crippen molar-refractivity contribution in [3.8, 4) is 11.5 Å². The Morgan fingerprint density at radius 3 is 2.17 bits per heavy atom. The zero-order valence-corrected chi connectivity index (χ0v) is 12.5. The third-order valence-corrected chi connectivity index (χ3v) is 3.47. The van der Waals surface area contributed by atoms with Crippen LogP contribution in [0.2, 0.25) is 19.6 Å². The van der Waals surface area contributed by atoms with Gasteiger partial charge >= 0.3 is 0 Å². The predicted octanol–water partition coefficient (Wildman–Crippen LogP) is 4.63. The molecule has 0 unspecified atom stereocenters. The van der Waals surface area contributed by atoms with E-state index < -0.39 is 8.07 Å². The van der Waals surface area contributed by atoms with E-state index in [0.717, 1.165) is 16.7 Å². The van der Waals surface area contributed by atoms with E-state index in [-0.39, 0.29) is 0 Å². The van der Waals surface area contributed by atoms with Crippen LogP contribution in [0.25, 0.3) is 9.69 Å². The van der Waals surface area contributed by atoms with Gasteiger partial charge < -0.3 is 0 Å². The minimum absolute atomic E-state index is 0.402. The van der Waals surface area contributed by atoms with Gasteiger partial charge in [0.2, 0.25) is 5.69 Å². The zero-order valence-electron chi connectivity index (χ0n) is 11.5. The minimum Gasteiger partial charge on any atom is -0.250 e. The molecule has 0 N–H and O–H groups in total. The summed E-state index contributed by atoms with van der Waals surface area (Å²) in [4.78, 5) is 6.92. The van der Waals surface area contributed by atoms with E-state index >= 15 is 0 Å². The van der Waals surface area contributed by atoms with Crippen LogP contribution in [0.15, 0.2) is 6.07 Å². The number of rotatable bonds is 0. The Morgan fingerprint density at radius 1 is 1.11 bits per heavy atom. The predicted molar refractivity (Wildman–Crippen MR) is 78.7 cm³/mol. The fourth-order valence-corrected chi connectivity index (χ4v) is 1.99. The average Bonchev–Trinajstić information content (AvgIpc) is 2.29. The molecule has 0 amide bonds. The molecule has 0 heterocycles. The van der Waals surface area contributed by atoms with Gasteiger partial charge in [-0.3, -0.25) is 4.85 Å². The van der Waals surface area contributed by atoms with Crippen LogP contribution in [0.3, 0.4) is 0 Å². The van der Waals surface area contributed by atoms with Crippen LogP contribution in [0.5, 0.6) is 0 Å². The first-order valence-electron chi connectivity index (χ1n) is 5.72. The highest BCUT2D eigenvalue weighted by atomic mass is 28.3. The van der Waals surface area contributed by atoms with E-state index in [0.29, 0.717) is 11.4 Å². The first-order valence-corrected chi connectivity index (χ1v) is 9.22. The van der Waals surface area contributed by atoms with Crippen molar-refractivity contribution in [3.63, 3.8) is 0 Å². The van der Waals surface area contributed by atoms with Crippen molar-refractivity contribution in [2.45, 2.75) is 33.5 Å². The summed E-state index contributed by atoms with van der Waals surface area (Å²) in [7, 11) is -1.49. The number of hydrogen-bond donors (Lipinski definition) is 0. The van der Waals surface area contributed by atoms with Crippen molar-refractivity contribution in [1.82, 2.24) is 0 Å². The summed E-state index contributed by atoms with van der Waals surface area (Å²) in [6.45, 7) is 24.8. The second kappa shape index (κ2) is 5.09. The summed E-state index contributed by atoms with van der Waals surface area (Å²) in [5.41, 5.74) is 6.86. The maximum Gasteiger partial charge on any atom is 0.210 e. The lowest BCUT2D eigenvalue weighted by Gasteiger charge is -2.09. The maximum atomic E-state index is 7.26. The fourth-order valence-electron chi connectivity index (χ4n) is 1.49. The normalized spacial score (nSPS) is 9.94. The Kier molecular flexibility index (Phi) is 3.97. The lowest BCUT2D eigenvalue weighted by molar-refractivity contribution is 1.33. The van der Waals surface area contributed by atoms with Gasteiger partial charge in [0.25, 0.3) is 0 Å². The molecule has 18 heavy (non-hydrogen) atoms. The second-order valence-corrected chi connectivity index (χ2v) is 10.0. The number of benzene rings is 1. The van der Waals surface area contributed by atoms with Gasteiger partial charge in [-0.15, -0.1) is 5.54 Å². The third-order valence-electron chi connectivity index (χ3n) is 2.59. The molecule has 0 aliphatic rings. The highest BCUT2D eigenvalue weighted by molar-refractivity contribution is 6.83. The molecule has 3 heteroatoms. The Morgan fingerprint density at radius 2 is 1.72 bits per heavy atom. The SMILES string of the molecule is [C-]#[N+]c1cc(C)c(C)c(C#C[Si](C)(C)C)c1[N+]#[C-]. The molecule has 0 saturated carbocycles. The average molecular weight is 252 g/mol. The van der Waals surface area contributed by atoms with Gasteiger partial charge in [-0.25, -0.2) is 4.85 Å². The van der Waals surface area contributed by atoms with Gasteiger partial charge in [0.05, 0.1) is 13.1 Å². The topological polar surface area (TPSA) is 8.72 Å². The molecule has 1 rings (SSSR count). The number of nitrogens with zero attached hydrogens (tertiary/aromatic N) is 2. The first kappa shape index (κ1) is 14.0. The molecule has 0 saturated heterocycles. The molecule has 0 aliphatic heterocycles. The molecule has 1 aromatic carbocycles. The van der Waals surface area contributed by atoms with E-state index in [1.54, 1.807) is 6.07 Å². The van der Waals surface area contributed by atoms with Crippen LogP contribution in [0, 0.1) is 38.5 Å². The molecule has 0 radical (unpaired) electrons. The van der Waals surface area contributed by atoms with E-state index in [1.807, 2.05) is 13.8 Å². The van der Waals surface area contributed by atoms with E-state index in [4.69, 9.17) is 13.1 Å². The van der Waals surface area contributed by atoms with Gasteiger partial charge in [0.1, 0.15) is 8.07 Å². The summed E-state index contributed by atoms with van der Waals surface area (Å²) in [6, 6.07) is 1.77. The summed E-state index contributed by atoms with van der Waals surface area (Å²) in [6.07, 6.45) is 0. The third kappa shape index (κ3) is 3.01. The van der Waals surface area contributed by atoms with Crippen LogP contribution in [-0.4, -0.2) is 8.07 Å². The van der Waals surface area contributed by atoms with Gasteiger partial charge in [0, 0.05) is 5.56 Å². The quantitative estimate of drug-likeness (QED) is 0.361.